The third-order valence-corrected chi connectivity index (χ3v) is 3.59. The molecule has 2 unspecified atom stereocenters. The minimum Gasteiger partial charge on any atom is -0.362 e. The minimum absolute atomic E-state index is 0. The molecule has 120 valence electrons. The molecule has 0 bridgehead atoms. The van der Waals surface area contributed by atoms with E-state index in [1.165, 1.54) is 0 Å². The summed E-state index contributed by atoms with van der Waals surface area (Å²) in [4.78, 5) is 18.3. The highest BCUT2D eigenvalue weighted by atomic mass is 35.5. The van der Waals surface area contributed by atoms with Crippen LogP contribution < -0.4 is 16.0 Å². The normalized spacial score (nSPS) is 20.1. The topological polar surface area (TPSA) is 71.2 Å². The molecule has 7 heteroatoms. The first-order valence-electron chi connectivity index (χ1n) is 6.72. The largest absolute Gasteiger partial charge is 0.362 e. The highest BCUT2D eigenvalue weighted by molar-refractivity contribution is 5.85. The summed E-state index contributed by atoms with van der Waals surface area (Å²) in [5.41, 5.74) is 6.87. The molecule has 5 nitrogen and oxygen atoms in total. The quantitative estimate of drug-likeness (QED) is 0.879. The summed E-state index contributed by atoms with van der Waals surface area (Å²) in [6, 6.07) is 4.06. The van der Waals surface area contributed by atoms with Gasteiger partial charge in [-0.3, -0.25) is 4.79 Å². The van der Waals surface area contributed by atoms with E-state index in [0.717, 1.165) is 30.6 Å². The van der Waals surface area contributed by atoms with Crippen LogP contribution in [0.4, 0.5) is 5.82 Å². The Hall–Kier alpha value is -1.04. The number of aromatic nitrogens is 1. The maximum absolute atomic E-state index is 12.0. The summed E-state index contributed by atoms with van der Waals surface area (Å²) in [5, 5.41) is 3.00. The lowest BCUT2D eigenvalue weighted by Gasteiger charge is -2.17. The number of nitrogens with two attached hydrogens (primary N) is 1. The summed E-state index contributed by atoms with van der Waals surface area (Å²) < 4.78 is 0. The summed E-state index contributed by atoms with van der Waals surface area (Å²) in [6.45, 7) is 0.520. The fourth-order valence-electron chi connectivity index (χ4n) is 2.55. The molecule has 1 aromatic rings. The van der Waals surface area contributed by atoms with Gasteiger partial charge in [0.15, 0.2) is 0 Å². The van der Waals surface area contributed by atoms with E-state index in [1.807, 2.05) is 31.1 Å². The molecule has 2 atom stereocenters. The summed E-state index contributed by atoms with van der Waals surface area (Å²) in [5.74, 6) is 1.09. The molecular weight excluding hydrogens is 311 g/mol. The molecule has 1 aliphatic rings. The molecule has 0 aliphatic heterocycles. The van der Waals surface area contributed by atoms with Gasteiger partial charge < -0.3 is 16.0 Å². The number of rotatable bonds is 4. The Morgan fingerprint density at radius 1 is 1.43 bits per heavy atom. The lowest BCUT2D eigenvalue weighted by molar-refractivity contribution is -0.125. The smallest absolute Gasteiger partial charge is 0.223 e. The van der Waals surface area contributed by atoms with Gasteiger partial charge in [0.2, 0.25) is 5.91 Å². The molecule has 1 saturated carbocycles. The van der Waals surface area contributed by atoms with Crippen molar-refractivity contribution in [1.29, 1.82) is 0 Å². The maximum atomic E-state index is 12.0. The van der Waals surface area contributed by atoms with Crippen LogP contribution in [0.3, 0.4) is 0 Å². The van der Waals surface area contributed by atoms with Crippen molar-refractivity contribution in [3.8, 4) is 0 Å². The number of carbonyl (C=O) groups excluding carboxylic acids is 1. The second-order valence-electron chi connectivity index (χ2n) is 5.37. The van der Waals surface area contributed by atoms with Crippen molar-refractivity contribution in [3.63, 3.8) is 0 Å². The van der Waals surface area contributed by atoms with Crippen molar-refractivity contribution in [2.45, 2.75) is 31.8 Å². The Morgan fingerprint density at radius 3 is 2.71 bits per heavy atom. The molecule has 1 aromatic heterocycles. The lowest BCUT2D eigenvalue weighted by Crippen LogP contribution is -2.30. The van der Waals surface area contributed by atoms with E-state index in [2.05, 4.69) is 10.3 Å². The zero-order chi connectivity index (χ0) is 13.8. The van der Waals surface area contributed by atoms with E-state index in [0.29, 0.717) is 6.54 Å². The number of hydrogen-bond acceptors (Lipinski definition) is 4. The molecular formula is C14H24Cl2N4O. The molecule has 21 heavy (non-hydrogen) atoms. The van der Waals surface area contributed by atoms with Crippen molar-refractivity contribution >= 4 is 36.5 Å². The van der Waals surface area contributed by atoms with Gasteiger partial charge in [-0.1, -0.05) is 6.07 Å². The first kappa shape index (κ1) is 20.0. The number of halogens is 2. The monoisotopic (exact) mass is 334 g/mol. The number of anilines is 1. The van der Waals surface area contributed by atoms with E-state index in [1.54, 1.807) is 6.20 Å². The van der Waals surface area contributed by atoms with Crippen LogP contribution in [0, 0.1) is 5.92 Å². The molecule has 0 radical (unpaired) electrons. The molecule has 0 saturated heterocycles. The van der Waals surface area contributed by atoms with Gasteiger partial charge in [0.25, 0.3) is 0 Å². The molecule has 1 amide bonds. The van der Waals surface area contributed by atoms with Crippen molar-refractivity contribution < 1.29 is 4.79 Å². The van der Waals surface area contributed by atoms with Gasteiger partial charge in [-0.2, -0.15) is 0 Å². The van der Waals surface area contributed by atoms with Crippen LogP contribution in [-0.4, -0.2) is 31.0 Å². The maximum Gasteiger partial charge on any atom is 0.223 e. The number of pyridine rings is 1. The van der Waals surface area contributed by atoms with Crippen LogP contribution in [0.15, 0.2) is 18.3 Å². The second kappa shape index (κ2) is 9.07. The standard InChI is InChI=1S/C14H22N4O.2ClH/c1-18(2)13-11(4-3-7-16-13)9-17-14(19)10-5-6-12(15)8-10;;/h3-4,7,10,12H,5-6,8-9,15H2,1-2H3,(H,17,19);2*1H. The zero-order valence-corrected chi connectivity index (χ0v) is 14.0. The predicted octanol–water partition coefficient (Wildman–Crippen LogP) is 1.73. The van der Waals surface area contributed by atoms with Gasteiger partial charge in [-0.15, -0.1) is 24.8 Å². The number of hydrogen-bond donors (Lipinski definition) is 2. The van der Waals surface area contributed by atoms with Gasteiger partial charge in [-0.25, -0.2) is 4.98 Å². The molecule has 3 N–H and O–H groups in total. The van der Waals surface area contributed by atoms with Crippen LogP contribution in [0.5, 0.6) is 0 Å². The molecule has 0 aromatic carbocycles. The van der Waals surface area contributed by atoms with Crippen LogP contribution in [0.2, 0.25) is 0 Å². The summed E-state index contributed by atoms with van der Waals surface area (Å²) in [7, 11) is 3.90. The van der Waals surface area contributed by atoms with E-state index in [9.17, 15) is 4.79 Å². The Morgan fingerprint density at radius 2 is 2.14 bits per heavy atom. The minimum atomic E-state index is 0. The third-order valence-electron chi connectivity index (χ3n) is 3.59. The Bertz CT molecular complexity index is 456. The number of nitrogens with zero attached hydrogens (tertiary/aromatic N) is 2. The van der Waals surface area contributed by atoms with Crippen molar-refractivity contribution in [1.82, 2.24) is 10.3 Å². The Labute approximate surface area is 138 Å². The summed E-state index contributed by atoms with van der Waals surface area (Å²) in [6.07, 6.45) is 4.42. The van der Waals surface area contributed by atoms with Crippen LogP contribution >= 0.6 is 24.8 Å². The number of amides is 1. The average Bonchev–Trinajstić information content (AvgIpc) is 2.83. The van der Waals surface area contributed by atoms with Crippen molar-refractivity contribution in [2.75, 3.05) is 19.0 Å². The van der Waals surface area contributed by atoms with E-state index < -0.39 is 0 Å². The molecule has 1 heterocycles. The van der Waals surface area contributed by atoms with Gasteiger partial charge in [0, 0.05) is 44.4 Å². The number of nitrogens with one attached hydrogen (secondary N) is 1. The van der Waals surface area contributed by atoms with Gasteiger partial charge in [0.1, 0.15) is 5.82 Å². The van der Waals surface area contributed by atoms with Crippen LogP contribution in [-0.2, 0) is 11.3 Å². The molecule has 1 aliphatic carbocycles. The van der Waals surface area contributed by atoms with E-state index in [4.69, 9.17) is 5.73 Å². The lowest BCUT2D eigenvalue weighted by atomic mass is 10.1. The predicted molar refractivity (Wildman–Crippen MR) is 90.2 cm³/mol. The molecule has 1 fully saturated rings. The van der Waals surface area contributed by atoms with Gasteiger partial charge >= 0.3 is 0 Å². The number of carbonyl (C=O) groups is 1. The van der Waals surface area contributed by atoms with Crippen LogP contribution in [0.1, 0.15) is 24.8 Å². The highest BCUT2D eigenvalue weighted by Gasteiger charge is 2.27. The average molecular weight is 335 g/mol. The second-order valence-corrected chi connectivity index (χ2v) is 5.37. The fraction of sp³-hybridized carbons (Fsp3) is 0.571. The van der Waals surface area contributed by atoms with E-state index in [-0.39, 0.29) is 42.7 Å². The third kappa shape index (κ3) is 5.34. The summed E-state index contributed by atoms with van der Waals surface area (Å²) >= 11 is 0. The van der Waals surface area contributed by atoms with Gasteiger partial charge in [0.05, 0.1) is 0 Å². The fourth-order valence-corrected chi connectivity index (χ4v) is 2.55. The molecule has 0 spiro atoms. The molecule has 2 rings (SSSR count). The van der Waals surface area contributed by atoms with Gasteiger partial charge in [-0.05, 0) is 25.3 Å². The highest BCUT2D eigenvalue weighted by Crippen LogP contribution is 2.24. The Balaban J connectivity index is 0.00000200. The Kier molecular flexibility index (Phi) is 8.63. The SMILES string of the molecule is CN(C)c1ncccc1CNC(=O)C1CCC(N)C1.Cl.Cl. The van der Waals surface area contributed by atoms with Crippen molar-refractivity contribution in [2.24, 2.45) is 11.7 Å². The van der Waals surface area contributed by atoms with E-state index >= 15 is 0 Å². The zero-order valence-electron chi connectivity index (χ0n) is 12.4. The first-order chi connectivity index (χ1) is 9.08. The van der Waals surface area contributed by atoms with Crippen LogP contribution in [0.25, 0.3) is 0 Å². The first-order valence-corrected chi connectivity index (χ1v) is 6.72. The van der Waals surface area contributed by atoms with Crippen molar-refractivity contribution in [3.05, 3.63) is 23.9 Å².